The molecule has 0 aromatic rings. The van der Waals surface area contributed by atoms with E-state index in [9.17, 15) is 74.9 Å². The van der Waals surface area contributed by atoms with Crippen molar-refractivity contribution >= 4 is 34.6 Å². The van der Waals surface area contributed by atoms with Crippen LogP contribution in [-0.2, 0) is 114 Å². The van der Waals surface area contributed by atoms with Crippen molar-refractivity contribution in [2.45, 2.75) is 191 Å². The molecule has 592 valence electrons. The van der Waals surface area contributed by atoms with Gasteiger partial charge in [-0.1, -0.05) is 49.5 Å². The monoisotopic (exact) mass is 1510 g/mol. The minimum Gasteiger partial charge on any atom is -0.456 e. The first kappa shape index (κ1) is 91.7. The molecular formula is C56H100ClN9O36. The Morgan fingerprint density at radius 3 is 0.990 bits per heavy atom. The summed E-state index contributed by atoms with van der Waals surface area (Å²) >= 11 is 4.81. The van der Waals surface area contributed by atoms with E-state index in [1.165, 1.54) is 26.6 Å². The summed E-state index contributed by atoms with van der Waals surface area (Å²) in [6, 6.07) is 0. The molecule has 10 rings (SSSR count). The zero-order valence-electron chi connectivity index (χ0n) is 55.9. The van der Waals surface area contributed by atoms with Crippen LogP contribution in [-0.4, -0.2) is 331 Å². The molecule has 20 atom stereocenters. The third-order valence-corrected chi connectivity index (χ3v) is 15.7. The maximum absolute atomic E-state index is 11.0. The van der Waals surface area contributed by atoms with Crippen molar-refractivity contribution in [3.05, 3.63) is 50.6 Å². The Morgan fingerprint density at radius 2 is 0.735 bits per heavy atom. The van der Waals surface area contributed by atoms with Gasteiger partial charge in [0, 0.05) is 39.6 Å². The summed E-state index contributed by atoms with van der Waals surface area (Å²) in [6.07, 6.45) is -7.89. The number of nitrogens with one attached hydrogen (secondary N) is 2. The third-order valence-electron chi connectivity index (χ3n) is 15.6. The van der Waals surface area contributed by atoms with Gasteiger partial charge in [-0.25, -0.2) is 0 Å². The van der Waals surface area contributed by atoms with Gasteiger partial charge < -0.3 is 127 Å². The molecule has 102 heavy (non-hydrogen) atoms. The lowest BCUT2D eigenvalue weighted by Crippen LogP contribution is -2.36. The van der Waals surface area contributed by atoms with Gasteiger partial charge in [0.15, 0.2) is 37.1 Å². The molecule has 6 N–H and O–H groups in total. The molecule has 0 bridgehead atoms. The van der Waals surface area contributed by atoms with E-state index in [0.717, 1.165) is 6.42 Å². The molecule has 2 amide bonds. The molecular weight excluding hydrogens is 1410 g/mol. The van der Waals surface area contributed by atoms with Crippen molar-refractivity contribution in [2.75, 3.05) is 145 Å². The Hall–Kier alpha value is -6.35. The number of hydrogen-bond acceptors (Lipinski definition) is 38. The number of esters is 1. The quantitative estimate of drug-likeness (QED) is 0.0159. The fourth-order valence-electron chi connectivity index (χ4n) is 11.0. The second kappa shape index (κ2) is 49.4. The second-order valence-corrected chi connectivity index (χ2v) is 22.7. The molecule has 0 saturated carbocycles. The van der Waals surface area contributed by atoms with Crippen molar-refractivity contribution in [2.24, 2.45) is 5.73 Å². The highest BCUT2D eigenvalue weighted by molar-refractivity contribution is 6.64. The van der Waals surface area contributed by atoms with Crippen molar-refractivity contribution in [1.82, 2.24) is 15.5 Å². The molecule has 10 fully saturated rings. The Balaban J connectivity index is 0.000000413. The largest absolute Gasteiger partial charge is 0.456 e. The predicted octanol–water partition coefficient (Wildman–Crippen LogP) is -2.36. The SMILES string of the molecule is C.C.CC(=O)OCC(=O)Cl.CCC(=O)NCCO[C@H]1CO[C@H]2[C@@H]1OC[C@H]2O[N+](=O)[O-].CCCO[C@H]1CO[C@H]2[C@@H]1OC[C@H]2O[N+](=O)[O-].CCN(CC)CC.NCCO[C@H]1CO[C@H]2[C@@H]1OC[C@H]2O[N+](=O)[O-].O=C(CO)NCCO[C@H]1CO[C@H]2[C@@H]1OC[C@H]2O[N+](=O)[O-].O=[N+]([O-])O[C@@H]1CO[C@H]2[C@@H]1OC[C@@H]2O. The van der Waals surface area contributed by atoms with E-state index in [2.05, 4.69) is 65.2 Å². The van der Waals surface area contributed by atoms with Crippen LogP contribution >= 0.6 is 11.6 Å². The second-order valence-electron chi connectivity index (χ2n) is 22.3. The molecule has 0 radical (unpaired) electrons. The smallest absolute Gasteiger partial charge is 0.303 e. The summed E-state index contributed by atoms with van der Waals surface area (Å²) in [5, 5.41) is 69.2. The summed E-state index contributed by atoms with van der Waals surface area (Å²) in [5.74, 6) is -1.02. The molecule has 0 aromatic carbocycles. The number of aliphatic hydroxyl groups is 2. The average molecular weight is 1510 g/mol. The molecule has 46 heteroatoms. The number of nitrogens with two attached hydrogens (primary N) is 1. The maximum Gasteiger partial charge on any atom is 0.303 e. The van der Waals surface area contributed by atoms with Gasteiger partial charge in [-0.3, -0.25) is 19.2 Å². The normalized spacial score (nSPS) is 31.0. The first-order chi connectivity index (χ1) is 47.8. The fourth-order valence-corrected chi connectivity index (χ4v) is 11.1. The number of carbonyl (C=O) groups excluding carboxylic acids is 4. The highest BCUT2D eigenvalue weighted by Gasteiger charge is 2.54. The predicted molar refractivity (Wildman–Crippen MR) is 339 cm³/mol. The van der Waals surface area contributed by atoms with Crippen molar-refractivity contribution in [3.8, 4) is 0 Å². The molecule has 10 heterocycles. The number of nitrogens with zero attached hydrogens (tertiary/aromatic N) is 6. The van der Waals surface area contributed by atoms with Gasteiger partial charge in [0.25, 0.3) is 30.7 Å². The van der Waals surface area contributed by atoms with Crippen LogP contribution in [0, 0.1) is 50.6 Å². The highest BCUT2D eigenvalue weighted by atomic mass is 35.5. The third kappa shape index (κ3) is 31.1. The Bertz CT molecular complexity index is 2360. The van der Waals surface area contributed by atoms with E-state index < -0.39 is 122 Å². The Labute approximate surface area is 591 Å². The van der Waals surface area contributed by atoms with Gasteiger partial charge in [0.1, 0.15) is 98.2 Å². The van der Waals surface area contributed by atoms with Crippen LogP contribution in [0.25, 0.3) is 0 Å². The molecule has 45 nitrogen and oxygen atoms in total. The van der Waals surface area contributed by atoms with Gasteiger partial charge in [0.05, 0.1) is 85.9 Å². The number of hydrogen-bond donors (Lipinski definition) is 5. The molecule has 0 aliphatic carbocycles. The maximum atomic E-state index is 11.0. The molecule has 10 aliphatic rings. The first-order valence-electron chi connectivity index (χ1n) is 32.1. The van der Waals surface area contributed by atoms with Crippen LogP contribution in [0.4, 0.5) is 0 Å². The zero-order chi connectivity index (χ0) is 73.8. The highest BCUT2D eigenvalue weighted by Crippen LogP contribution is 2.34. The van der Waals surface area contributed by atoms with E-state index in [1.54, 1.807) is 6.92 Å². The lowest BCUT2D eigenvalue weighted by atomic mass is 10.1. The average Bonchev–Trinajstić information content (AvgIpc) is 1.70. The van der Waals surface area contributed by atoms with Crippen molar-refractivity contribution in [3.63, 3.8) is 0 Å². The van der Waals surface area contributed by atoms with E-state index >= 15 is 0 Å². The molecule has 0 unspecified atom stereocenters. The van der Waals surface area contributed by atoms with Gasteiger partial charge >= 0.3 is 5.97 Å². The van der Waals surface area contributed by atoms with Crippen LogP contribution in [0.15, 0.2) is 0 Å². The molecule has 10 saturated heterocycles. The summed E-state index contributed by atoms with van der Waals surface area (Å²) < 4.78 is 79.7. The topological polar surface area (TPSA) is 562 Å². The van der Waals surface area contributed by atoms with E-state index in [4.69, 9.17) is 88.8 Å². The number of carbonyl (C=O) groups is 4. The minimum atomic E-state index is -0.871. The lowest BCUT2D eigenvalue weighted by molar-refractivity contribution is -0.769. The summed E-state index contributed by atoms with van der Waals surface area (Å²) in [7, 11) is 0. The van der Waals surface area contributed by atoms with Crippen LogP contribution in [0.1, 0.15) is 69.2 Å². The van der Waals surface area contributed by atoms with Crippen LogP contribution in [0.3, 0.4) is 0 Å². The molecule has 0 spiro atoms. The zero-order valence-corrected chi connectivity index (χ0v) is 56.7. The Kier molecular flexibility index (Phi) is 44.4. The van der Waals surface area contributed by atoms with Crippen LogP contribution < -0.4 is 16.4 Å². The van der Waals surface area contributed by atoms with E-state index in [0.29, 0.717) is 59.2 Å². The van der Waals surface area contributed by atoms with Gasteiger partial charge in [0.2, 0.25) is 11.8 Å². The number of fused-ring (bicyclic) bond motifs is 5. The Morgan fingerprint density at radius 1 is 0.461 bits per heavy atom. The summed E-state index contributed by atoms with van der Waals surface area (Å²) in [4.78, 5) is 117. The van der Waals surface area contributed by atoms with Crippen LogP contribution in [0.5, 0.6) is 0 Å². The summed E-state index contributed by atoms with van der Waals surface area (Å²) in [6.45, 7) is 19.0. The van der Waals surface area contributed by atoms with E-state index in [-0.39, 0.29) is 136 Å². The standard InChI is InChI=1S/C11H18N2O7.C10H16N2O8.C9H15NO6.C8H14N2O6.C6H9NO6.C6H15N.C4H5ClO3.2CH4/c1-2-9(14)12-3-4-17-7-5-18-11-8(20-13(15)16)6-19-10(7)11;13-3-8(14)11-1-2-17-6-4-18-10-7(20-12(15)16)5-19-9(6)10;1-2-3-13-6-4-14-9-7(16-10(11)12)5-15-8(6)9;9-1-2-13-5-3-14-8-6(16-10(11)12)4-15-7(5)8;8-3-1-11-6-4(13-7(9)10)2-12-5(3)6;1-4-7(5-2)6-3;1-3(6)8-2-4(5)7;;/h7-8,10-11H,2-6H2,1H3,(H,12,14);6-7,9-10,13H,1-5H2,(H,11,14);6-9H,2-5H2,1H3;5-8H,1-4,9H2;3-6,8H,1-2H2;4-6H2,1-3H3;2H2,1H3;2*1H4/t7-,8+,10+,11+;6-,7+,9+,10+;6-,7+,8+,9+;5-,6+,7+,8+;3-,4+,5+,6+;;;;/m00000..../s1. The van der Waals surface area contributed by atoms with Crippen LogP contribution in [0.2, 0.25) is 0 Å². The molecule has 10 aliphatic heterocycles. The fraction of sp³-hybridized carbons (Fsp3) is 0.929. The lowest BCUT2D eigenvalue weighted by Gasteiger charge is -2.16. The van der Waals surface area contributed by atoms with Gasteiger partial charge in [-0.15, -0.1) is 50.6 Å². The number of ether oxygens (including phenoxy) is 15. The number of halogens is 1. The van der Waals surface area contributed by atoms with Gasteiger partial charge in [-0.05, 0) is 37.7 Å². The number of rotatable bonds is 31. The number of amides is 2. The van der Waals surface area contributed by atoms with Crippen molar-refractivity contribution < 1.29 is 150 Å². The molecule has 0 aromatic heterocycles. The summed E-state index contributed by atoms with van der Waals surface area (Å²) in [5.41, 5.74) is 5.32. The van der Waals surface area contributed by atoms with Gasteiger partial charge in [-0.2, -0.15) is 0 Å². The first-order valence-corrected chi connectivity index (χ1v) is 32.5. The number of aliphatic hydroxyl groups excluding tert-OH is 2. The van der Waals surface area contributed by atoms with Crippen molar-refractivity contribution in [1.29, 1.82) is 0 Å². The van der Waals surface area contributed by atoms with E-state index in [1.807, 2.05) is 6.92 Å². The minimum absolute atomic E-state index is 0.